The fourth-order valence-corrected chi connectivity index (χ4v) is 3.86. The van der Waals surface area contributed by atoms with Gasteiger partial charge in [-0.05, 0) is 50.0 Å². The Hall–Kier alpha value is -0.420. The van der Waals surface area contributed by atoms with Crippen LogP contribution in [-0.4, -0.2) is 19.6 Å². The molecular formula is C13H20N2S2. The van der Waals surface area contributed by atoms with Gasteiger partial charge in [0.25, 0.3) is 0 Å². The lowest BCUT2D eigenvalue weighted by Gasteiger charge is -2.04. The van der Waals surface area contributed by atoms with Gasteiger partial charge in [-0.25, -0.2) is 0 Å². The van der Waals surface area contributed by atoms with Crippen LogP contribution in [0.1, 0.15) is 24.6 Å². The minimum atomic E-state index is 1.01. The van der Waals surface area contributed by atoms with Crippen LogP contribution in [0, 0.1) is 0 Å². The van der Waals surface area contributed by atoms with Crippen LogP contribution in [0.5, 0.6) is 0 Å². The van der Waals surface area contributed by atoms with Crippen molar-refractivity contribution in [3.63, 3.8) is 0 Å². The van der Waals surface area contributed by atoms with Gasteiger partial charge in [-0.15, -0.1) is 22.7 Å². The number of nitrogens with one attached hydrogen (secondary N) is 2. The monoisotopic (exact) mass is 268 g/mol. The molecule has 0 aliphatic heterocycles. The second-order valence-corrected chi connectivity index (χ2v) is 6.26. The standard InChI is InChI=1S/C13H20N2S2/c1-2-5-14-6-3-7-15-10-11-9-13-12(17-11)4-8-16-13/h4,8-9,14-15H,2-3,5-7,10H2,1H3. The molecule has 17 heavy (non-hydrogen) atoms. The van der Waals surface area contributed by atoms with Crippen molar-refractivity contribution in [2.24, 2.45) is 0 Å². The van der Waals surface area contributed by atoms with Crippen LogP contribution in [0.3, 0.4) is 0 Å². The van der Waals surface area contributed by atoms with E-state index >= 15 is 0 Å². The van der Waals surface area contributed by atoms with E-state index in [1.54, 1.807) is 0 Å². The molecule has 0 radical (unpaired) electrons. The summed E-state index contributed by atoms with van der Waals surface area (Å²) >= 11 is 3.74. The van der Waals surface area contributed by atoms with Crippen LogP contribution in [0.2, 0.25) is 0 Å². The van der Waals surface area contributed by atoms with Crippen LogP contribution < -0.4 is 10.6 Å². The normalized spacial score (nSPS) is 11.4. The van der Waals surface area contributed by atoms with Crippen LogP contribution >= 0.6 is 22.7 Å². The molecule has 0 aliphatic rings. The van der Waals surface area contributed by atoms with Crippen molar-refractivity contribution in [3.8, 4) is 0 Å². The van der Waals surface area contributed by atoms with Gasteiger partial charge in [-0.3, -0.25) is 0 Å². The van der Waals surface area contributed by atoms with E-state index in [2.05, 4.69) is 35.1 Å². The molecule has 4 heteroatoms. The predicted molar refractivity (Wildman–Crippen MR) is 79.2 cm³/mol. The summed E-state index contributed by atoms with van der Waals surface area (Å²) in [6.07, 6.45) is 2.43. The van der Waals surface area contributed by atoms with E-state index in [1.807, 2.05) is 22.7 Å². The summed E-state index contributed by atoms with van der Waals surface area (Å²) in [5.74, 6) is 0. The highest BCUT2D eigenvalue weighted by atomic mass is 32.1. The number of hydrogen-bond donors (Lipinski definition) is 2. The van der Waals surface area contributed by atoms with Gasteiger partial charge < -0.3 is 10.6 Å². The maximum Gasteiger partial charge on any atom is 0.0453 e. The molecule has 0 fully saturated rings. The van der Waals surface area contributed by atoms with E-state index in [4.69, 9.17) is 0 Å². The molecule has 94 valence electrons. The van der Waals surface area contributed by atoms with Crippen molar-refractivity contribution in [2.45, 2.75) is 26.3 Å². The zero-order valence-corrected chi connectivity index (χ0v) is 11.9. The summed E-state index contributed by atoms with van der Waals surface area (Å²) in [5.41, 5.74) is 0. The SMILES string of the molecule is CCCNCCCNCc1cc2sccc2s1. The summed E-state index contributed by atoms with van der Waals surface area (Å²) in [6, 6.07) is 4.52. The molecule has 0 aliphatic carbocycles. The Labute approximate surface area is 111 Å². The Bertz CT molecular complexity index is 405. The van der Waals surface area contributed by atoms with Crippen LogP contribution in [0.15, 0.2) is 17.5 Å². The number of hydrogen-bond acceptors (Lipinski definition) is 4. The van der Waals surface area contributed by atoms with Crippen LogP contribution in [0.25, 0.3) is 9.40 Å². The second kappa shape index (κ2) is 7.11. The molecule has 2 aromatic heterocycles. The van der Waals surface area contributed by atoms with E-state index in [9.17, 15) is 0 Å². The molecule has 0 aromatic carbocycles. The molecular weight excluding hydrogens is 248 g/mol. The minimum Gasteiger partial charge on any atom is -0.317 e. The van der Waals surface area contributed by atoms with Crippen molar-refractivity contribution in [1.82, 2.24) is 10.6 Å². The topological polar surface area (TPSA) is 24.1 Å². The summed E-state index contributed by atoms with van der Waals surface area (Å²) in [5, 5.41) is 9.08. The molecule has 0 unspecified atom stereocenters. The maximum absolute atomic E-state index is 3.50. The molecule has 0 spiro atoms. The first kappa shape index (κ1) is 13.0. The van der Waals surface area contributed by atoms with Gasteiger partial charge in [0, 0.05) is 20.8 Å². The Balaban J connectivity index is 1.60. The number of fused-ring (bicyclic) bond motifs is 1. The quantitative estimate of drug-likeness (QED) is 0.717. The summed E-state index contributed by atoms with van der Waals surface area (Å²) in [6.45, 7) is 6.58. The molecule has 0 saturated heterocycles. The average molecular weight is 268 g/mol. The van der Waals surface area contributed by atoms with Crippen LogP contribution in [0.4, 0.5) is 0 Å². The maximum atomic E-state index is 3.50. The van der Waals surface area contributed by atoms with Gasteiger partial charge in [0.1, 0.15) is 0 Å². The van der Waals surface area contributed by atoms with E-state index < -0.39 is 0 Å². The molecule has 2 nitrogen and oxygen atoms in total. The fraction of sp³-hybridized carbons (Fsp3) is 0.538. The lowest BCUT2D eigenvalue weighted by Crippen LogP contribution is -2.21. The van der Waals surface area contributed by atoms with E-state index in [1.165, 1.54) is 27.1 Å². The van der Waals surface area contributed by atoms with Gasteiger partial charge in [0.05, 0.1) is 0 Å². The molecule has 0 saturated carbocycles. The van der Waals surface area contributed by atoms with Crippen molar-refractivity contribution >= 4 is 32.1 Å². The Morgan fingerprint density at radius 2 is 2.00 bits per heavy atom. The Morgan fingerprint density at radius 3 is 2.82 bits per heavy atom. The van der Waals surface area contributed by atoms with Gasteiger partial charge in [-0.1, -0.05) is 6.92 Å². The van der Waals surface area contributed by atoms with Gasteiger partial charge in [0.2, 0.25) is 0 Å². The van der Waals surface area contributed by atoms with Crippen molar-refractivity contribution in [2.75, 3.05) is 19.6 Å². The lowest BCUT2D eigenvalue weighted by atomic mass is 10.4. The third-order valence-electron chi connectivity index (χ3n) is 2.62. The molecule has 2 N–H and O–H groups in total. The van der Waals surface area contributed by atoms with Gasteiger partial charge in [0.15, 0.2) is 0 Å². The average Bonchev–Trinajstić information content (AvgIpc) is 2.88. The summed E-state index contributed by atoms with van der Waals surface area (Å²) in [7, 11) is 0. The lowest BCUT2D eigenvalue weighted by molar-refractivity contribution is 0.594. The molecule has 0 bridgehead atoms. The number of thiophene rings is 2. The highest BCUT2D eigenvalue weighted by Crippen LogP contribution is 2.29. The molecule has 2 rings (SSSR count). The first-order chi connectivity index (χ1) is 8.40. The van der Waals surface area contributed by atoms with Crippen molar-refractivity contribution in [3.05, 3.63) is 22.4 Å². The summed E-state index contributed by atoms with van der Waals surface area (Å²) < 4.78 is 2.85. The molecule has 0 amide bonds. The van der Waals surface area contributed by atoms with E-state index in [0.29, 0.717) is 0 Å². The number of rotatable bonds is 8. The Morgan fingerprint density at radius 1 is 1.12 bits per heavy atom. The highest BCUT2D eigenvalue weighted by molar-refractivity contribution is 7.26. The predicted octanol–water partition coefficient (Wildman–Crippen LogP) is 3.44. The third kappa shape index (κ3) is 4.07. The van der Waals surface area contributed by atoms with Gasteiger partial charge >= 0.3 is 0 Å². The van der Waals surface area contributed by atoms with E-state index in [-0.39, 0.29) is 0 Å². The first-order valence-electron chi connectivity index (χ1n) is 6.27. The first-order valence-corrected chi connectivity index (χ1v) is 7.97. The third-order valence-corrected chi connectivity index (χ3v) is 4.72. The van der Waals surface area contributed by atoms with Crippen molar-refractivity contribution in [1.29, 1.82) is 0 Å². The smallest absolute Gasteiger partial charge is 0.0453 e. The minimum absolute atomic E-state index is 1.01. The second-order valence-electron chi connectivity index (χ2n) is 4.14. The van der Waals surface area contributed by atoms with Crippen LogP contribution in [-0.2, 0) is 6.54 Å². The fourth-order valence-electron chi connectivity index (χ4n) is 1.75. The van der Waals surface area contributed by atoms with Gasteiger partial charge in [-0.2, -0.15) is 0 Å². The van der Waals surface area contributed by atoms with Crippen molar-refractivity contribution < 1.29 is 0 Å². The van der Waals surface area contributed by atoms with E-state index in [0.717, 1.165) is 26.2 Å². The Kier molecular flexibility index (Phi) is 5.45. The molecule has 2 aromatic rings. The highest BCUT2D eigenvalue weighted by Gasteiger charge is 2.01. The molecule has 0 atom stereocenters. The zero-order chi connectivity index (χ0) is 11.9. The zero-order valence-electron chi connectivity index (χ0n) is 10.3. The largest absolute Gasteiger partial charge is 0.317 e. The summed E-state index contributed by atoms with van der Waals surface area (Å²) in [4.78, 5) is 1.45. The molecule has 2 heterocycles.